The quantitative estimate of drug-likeness (QED) is 0.659. The lowest BCUT2D eigenvalue weighted by molar-refractivity contribution is 0.551. The van der Waals surface area contributed by atoms with Crippen molar-refractivity contribution in [2.75, 3.05) is 6.54 Å². The van der Waals surface area contributed by atoms with Crippen molar-refractivity contribution in [1.29, 1.82) is 0 Å². The third-order valence-electron chi connectivity index (χ3n) is 2.42. The molecule has 0 aromatic carbocycles. The van der Waals surface area contributed by atoms with Crippen molar-refractivity contribution in [3.63, 3.8) is 0 Å². The fraction of sp³-hybridized carbons (Fsp3) is 0.500. The van der Waals surface area contributed by atoms with Gasteiger partial charge in [0, 0.05) is 5.41 Å². The van der Waals surface area contributed by atoms with Gasteiger partial charge in [-0.3, -0.25) is 0 Å². The van der Waals surface area contributed by atoms with E-state index in [0.717, 1.165) is 19.4 Å². The normalized spacial score (nSPS) is 28.1. The molecule has 0 spiro atoms. The second-order valence-corrected chi connectivity index (χ2v) is 3.97. The molecular formula is C12H19N. The lowest BCUT2D eigenvalue weighted by atomic mass is 9.82. The topological polar surface area (TPSA) is 26.0 Å². The summed E-state index contributed by atoms with van der Waals surface area (Å²) in [5.74, 6) is 0. The lowest BCUT2D eigenvalue weighted by Gasteiger charge is -2.23. The molecule has 1 atom stereocenters. The van der Waals surface area contributed by atoms with Crippen molar-refractivity contribution in [3.8, 4) is 0 Å². The number of hydrogen-bond acceptors (Lipinski definition) is 1. The Hall–Kier alpha value is -0.820. The fourth-order valence-electron chi connectivity index (χ4n) is 1.41. The minimum atomic E-state index is 0.217. The number of nitrogens with two attached hydrogens (primary N) is 1. The Morgan fingerprint density at radius 2 is 2.38 bits per heavy atom. The molecule has 0 aromatic rings. The van der Waals surface area contributed by atoms with Crippen LogP contribution < -0.4 is 5.73 Å². The maximum absolute atomic E-state index is 5.43. The second-order valence-electron chi connectivity index (χ2n) is 3.97. The average molecular weight is 177 g/mol. The van der Waals surface area contributed by atoms with Crippen molar-refractivity contribution < 1.29 is 0 Å². The van der Waals surface area contributed by atoms with E-state index < -0.39 is 0 Å². The molecule has 1 aliphatic carbocycles. The van der Waals surface area contributed by atoms with Crippen molar-refractivity contribution in [2.45, 2.75) is 26.7 Å². The van der Waals surface area contributed by atoms with Gasteiger partial charge in [-0.25, -0.2) is 0 Å². The monoisotopic (exact) mass is 177 g/mol. The maximum atomic E-state index is 5.43. The molecule has 1 rings (SSSR count). The van der Waals surface area contributed by atoms with Crippen LogP contribution >= 0.6 is 0 Å². The molecule has 1 unspecified atom stereocenters. The third kappa shape index (κ3) is 3.19. The van der Waals surface area contributed by atoms with Gasteiger partial charge in [-0.1, -0.05) is 42.9 Å². The second kappa shape index (κ2) is 4.43. The predicted molar refractivity (Wildman–Crippen MR) is 58.4 cm³/mol. The van der Waals surface area contributed by atoms with Gasteiger partial charge in [-0.15, -0.1) is 0 Å². The fourth-order valence-corrected chi connectivity index (χ4v) is 1.41. The molecule has 1 heteroatoms. The zero-order valence-electron chi connectivity index (χ0n) is 8.59. The van der Waals surface area contributed by atoms with E-state index >= 15 is 0 Å². The smallest absolute Gasteiger partial charge is 0.00705 e. The summed E-state index contributed by atoms with van der Waals surface area (Å²) in [5, 5.41) is 0. The highest BCUT2D eigenvalue weighted by molar-refractivity contribution is 5.27. The maximum Gasteiger partial charge on any atom is 0.00705 e. The van der Waals surface area contributed by atoms with Gasteiger partial charge < -0.3 is 5.73 Å². The highest BCUT2D eigenvalue weighted by Gasteiger charge is 2.17. The van der Waals surface area contributed by atoms with Crippen LogP contribution in [0.2, 0.25) is 0 Å². The van der Waals surface area contributed by atoms with E-state index in [1.807, 2.05) is 0 Å². The van der Waals surface area contributed by atoms with Gasteiger partial charge in [0.25, 0.3) is 0 Å². The van der Waals surface area contributed by atoms with Crippen molar-refractivity contribution in [2.24, 2.45) is 11.1 Å². The van der Waals surface area contributed by atoms with Gasteiger partial charge in [-0.2, -0.15) is 0 Å². The summed E-state index contributed by atoms with van der Waals surface area (Å²) >= 11 is 0. The van der Waals surface area contributed by atoms with Crippen LogP contribution in [0.5, 0.6) is 0 Å². The molecule has 0 bridgehead atoms. The molecular weight excluding hydrogens is 158 g/mol. The summed E-state index contributed by atoms with van der Waals surface area (Å²) in [6, 6.07) is 0. The van der Waals surface area contributed by atoms with Gasteiger partial charge in [0.15, 0.2) is 0 Å². The molecule has 0 saturated heterocycles. The van der Waals surface area contributed by atoms with Gasteiger partial charge >= 0.3 is 0 Å². The first-order valence-electron chi connectivity index (χ1n) is 4.90. The van der Waals surface area contributed by atoms with E-state index in [0.29, 0.717) is 0 Å². The van der Waals surface area contributed by atoms with E-state index in [9.17, 15) is 0 Å². The molecule has 1 aliphatic rings. The molecule has 0 saturated carbocycles. The van der Waals surface area contributed by atoms with Gasteiger partial charge in [0.2, 0.25) is 0 Å². The van der Waals surface area contributed by atoms with Crippen LogP contribution in [0.3, 0.4) is 0 Å². The zero-order valence-corrected chi connectivity index (χ0v) is 8.59. The summed E-state index contributed by atoms with van der Waals surface area (Å²) in [7, 11) is 0. The molecule has 0 aliphatic heterocycles. The van der Waals surface area contributed by atoms with Crippen molar-refractivity contribution in [3.05, 3.63) is 36.0 Å². The van der Waals surface area contributed by atoms with Crippen LogP contribution in [0.25, 0.3) is 0 Å². The standard InChI is InChI=1S/C12H19N/c1-11-5-8-12(2,9-6-11)7-3-4-10-13/h3,5-8H,4,9-10,13H2,1-2H3. The van der Waals surface area contributed by atoms with E-state index in [2.05, 4.69) is 44.2 Å². The highest BCUT2D eigenvalue weighted by Crippen LogP contribution is 2.30. The zero-order chi connectivity index (χ0) is 9.73. The van der Waals surface area contributed by atoms with Crippen LogP contribution in [0, 0.1) is 5.41 Å². The molecule has 0 amide bonds. The molecule has 0 heterocycles. The molecule has 13 heavy (non-hydrogen) atoms. The largest absolute Gasteiger partial charge is 0.330 e. The van der Waals surface area contributed by atoms with Crippen LogP contribution in [0.4, 0.5) is 0 Å². The Kier molecular flexibility index (Phi) is 3.49. The Labute approximate surface area is 81.0 Å². The first-order chi connectivity index (χ1) is 6.16. The van der Waals surface area contributed by atoms with Crippen LogP contribution in [0.1, 0.15) is 26.7 Å². The van der Waals surface area contributed by atoms with Gasteiger partial charge in [0.05, 0.1) is 0 Å². The molecule has 0 aromatic heterocycles. The Morgan fingerprint density at radius 1 is 1.62 bits per heavy atom. The van der Waals surface area contributed by atoms with E-state index in [-0.39, 0.29) is 5.41 Å². The minimum Gasteiger partial charge on any atom is -0.330 e. The molecule has 72 valence electrons. The van der Waals surface area contributed by atoms with E-state index in [1.54, 1.807) is 0 Å². The SMILES string of the molecule is CC1=CCC(C)(C=CCCN)C=C1. The Balaban J connectivity index is 2.55. The molecule has 1 nitrogen and oxygen atoms in total. The first kappa shape index (κ1) is 10.3. The lowest BCUT2D eigenvalue weighted by Crippen LogP contribution is -2.11. The van der Waals surface area contributed by atoms with E-state index in [1.165, 1.54) is 5.57 Å². The summed E-state index contributed by atoms with van der Waals surface area (Å²) in [6.07, 6.45) is 13.3. The van der Waals surface area contributed by atoms with Gasteiger partial charge in [0.1, 0.15) is 0 Å². The number of allylic oxidation sites excluding steroid dienone is 5. The predicted octanol–water partition coefficient (Wildman–Crippen LogP) is 2.80. The van der Waals surface area contributed by atoms with Crippen molar-refractivity contribution in [1.82, 2.24) is 0 Å². The van der Waals surface area contributed by atoms with Crippen LogP contribution in [-0.4, -0.2) is 6.54 Å². The average Bonchev–Trinajstić information content (AvgIpc) is 2.12. The molecule has 0 radical (unpaired) electrons. The highest BCUT2D eigenvalue weighted by atomic mass is 14.5. The van der Waals surface area contributed by atoms with Crippen LogP contribution in [0.15, 0.2) is 36.0 Å². The van der Waals surface area contributed by atoms with Gasteiger partial charge in [-0.05, 0) is 26.3 Å². The third-order valence-corrected chi connectivity index (χ3v) is 2.42. The Morgan fingerprint density at radius 3 is 2.92 bits per heavy atom. The Bertz CT molecular complexity index is 248. The van der Waals surface area contributed by atoms with E-state index in [4.69, 9.17) is 5.73 Å². The summed E-state index contributed by atoms with van der Waals surface area (Å²) in [5.41, 5.74) is 7.01. The van der Waals surface area contributed by atoms with Crippen LogP contribution in [-0.2, 0) is 0 Å². The minimum absolute atomic E-state index is 0.217. The molecule has 0 fully saturated rings. The summed E-state index contributed by atoms with van der Waals surface area (Å²) in [6.45, 7) is 5.13. The molecule has 2 N–H and O–H groups in total. The first-order valence-corrected chi connectivity index (χ1v) is 4.90. The summed E-state index contributed by atoms with van der Waals surface area (Å²) < 4.78 is 0. The summed E-state index contributed by atoms with van der Waals surface area (Å²) in [4.78, 5) is 0. The number of rotatable bonds is 3. The number of hydrogen-bond donors (Lipinski definition) is 1. The van der Waals surface area contributed by atoms with Crippen molar-refractivity contribution >= 4 is 0 Å².